The van der Waals surface area contributed by atoms with E-state index in [0.29, 0.717) is 18.4 Å². The summed E-state index contributed by atoms with van der Waals surface area (Å²) in [5.74, 6) is 0.431. The van der Waals surface area contributed by atoms with Crippen molar-refractivity contribution in [2.24, 2.45) is 5.92 Å². The van der Waals surface area contributed by atoms with Gasteiger partial charge in [0.2, 0.25) is 14.2 Å². The van der Waals surface area contributed by atoms with Crippen molar-refractivity contribution in [3.8, 4) is 0 Å². The molecule has 168 valence electrons. The third kappa shape index (κ3) is 4.94. The third-order valence-corrected chi connectivity index (χ3v) is 9.73. The molecule has 1 aromatic heterocycles. The molecule has 31 heavy (non-hydrogen) atoms. The van der Waals surface area contributed by atoms with Gasteiger partial charge in [0.05, 0.1) is 5.69 Å². The number of benzene rings is 1. The third-order valence-electron chi connectivity index (χ3n) is 6.59. The first-order chi connectivity index (χ1) is 14.7. The Bertz CT molecular complexity index is 1100. The summed E-state index contributed by atoms with van der Waals surface area (Å²) in [4.78, 5) is 20.2. The molecule has 0 aliphatic heterocycles. The van der Waals surface area contributed by atoms with Crippen LogP contribution in [0.4, 0.5) is 0 Å². The Hall–Kier alpha value is -1.57. The number of nitrogens with zero attached hydrogens (tertiary/aromatic N) is 2. The average Bonchev–Trinajstić information content (AvgIpc) is 3.31. The zero-order chi connectivity index (χ0) is 22.3. The van der Waals surface area contributed by atoms with Crippen LogP contribution in [-0.4, -0.2) is 43.9 Å². The van der Waals surface area contributed by atoms with Gasteiger partial charge in [0.15, 0.2) is 5.78 Å². The van der Waals surface area contributed by atoms with Crippen LogP contribution in [0, 0.1) is 12.8 Å². The topological polar surface area (TPSA) is 67.3 Å². The molecule has 0 saturated heterocycles. The van der Waals surface area contributed by atoms with E-state index in [4.69, 9.17) is 0 Å². The molecule has 1 saturated carbocycles. The predicted octanol–water partition coefficient (Wildman–Crippen LogP) is 4.10. The summed E-state index contributed by atoms with van der Waals surface area (Å²) in [6.07, 6.45) is 5.87. The Labute approximate surface area is 189 Å². The molecule has 0 spiro atoms. The molecule has 2 aromatic rings. The number of hydrogen-bond acceptors (Lipinski definition) is 6. The maximum Gasteiger partial charge on any atom is 0.212 e. The molecule has 1 aromatic carbocycles. The van der Waals surface area contributed by atoms with E-state index >= 15 is 0 Å². The highest BCUT2D eigenvalue weighted by atomic mass is 32.2. The quantitative estimate of drug-likeness (QED) is 0.564. The molecule has 1 heterocycles. The van der Waals surface area contributed by atoms with E-state index in [0.717, 1.165) is 35.4 Å². The van der Waals surface area contributed by atoms with Gasteiger partial charge in [-0.15, -0.1) is 11.3 Å². The Morgan fingerprint density at radius 2 is 2.00 bits per heavy atom. The van der Waals surface area contributed by atoms with Gasteiger partial charge in [0, 0.05) is 17.8 Å². The van der Waals surface area contributed by atoms with Crippen LogP contribution in [-0.2, 0) is 40.4 Å². The van der Waals surface area contributed by atoms with Crippen LogP contribution < -0.4 is 0 Å². The molecule has 7 heteroatoms. The minimum Gasteiger partial charge on any atom is -0.304 e. The fraction of sp³-hybridized carbons (Fsp3) is 0.583. The molecule has 0 bridgehead atoms. The fourth-order valence-electron chi connectivity index (χ4n) is 4.75. The van der Waals surface area contributed by atoms with E-state index in [1.165, 1.54) is 40.9 Å². The van der Waals surface area contributed by atoms with Gasteiger partial charge >= 0.3 is 0 Å². The lowest BCUT2D eigenvalue weighted by molar-refractivity contribution is -0.116. The lowest BCUT2D eigenvalue weighted by atomic mass is 9.86. The molecular weight excluding hydrogens is 428 g/mol. The molecule has 2 aliphatic carbocycles. The molecular formula is C24H32N2O3S2. The number of carbonyl (C=O) groups excluding carboxylic acids is 1. The molecule has 1 atom stereocenters. The molecule has 0 radical (unpaired) electrons. The van der Waals surface area contributed by atoms with Crippen LogP contribution in [0.2, 0.25) is 0 Å². The highest BCUT2D eigenvalue weighted by Crippen LogP contribution is 2.44. The van der Waals surface area contributed by atoms with Gasteiger partial charge in [-0.05, 0) is 87.2 Å². The van der Waals surface area contributed by atoms with E-state index in [1.54, 1.807) is 0 Å². The maximum absolute atomic E-state index is 13.0. The Morgan fingerprint density at radius 3 is 2.68 bits per heavy atom. The summed E-state index contributed by atoms with van der Waals surface area (Å²) in [7, 11) is 0.122. The van der Waals surface area contributed by atoms with Gasteiger partial charge in [-0.1, -0.05) is 19.1 Å². The monoisotopic (exact) mass is 460 g/mol. The first-order valence-electron chi connectivity index (χ1n) is 11.1. The molecule has 0 amide bonds. The van der Waals surface area contributed by atoms with Crippen molar-refractivity contribution in [1.29, 1.82) is 0 Å². The largest absolute Gasteiger partial charge is 0.304 e. The van der Waals surface area contributed by atoms with Gasteiger partial charge in [-0.3, -0.25) is 4.79 Å². The van der Waals surface area contributed by atoms with E-state index < -0.39 is 15.6 Å². The second kappa shape index (κ2) is 8.75. The number of aryl methyl sites for hydroxylation is 2. The van der Waals surface area contributed by atoms with Gasteiger partial charge in [0.1, 0.15) is 5.75 Å². The predicted molar refractivity (Wildman–Crippen MR) is 125 cm³/mol. The summed E-state index contributed by atoms with van der Waals surface area (Å²) in [5, 5.41) is 0. The number of Topliss-reactive ketones (excluding diaryl/α,β-unsaturated/α-hetero) is 1. The lowest BCUT2D eigenvalue weighted by Crippen LogP contribution is -2.20. The maximum atomic E-state index is 13.0. The smallest absolute Gasteiger partial charge is 0.212 e. The molecule has 2 aliphatic rings. The van der Waals surface area contributed by atoms with Crippen molar-refractivity contribution in [3.63, 3.8) is 0 Å². The highest BCUT2D eigenvalue weighted by Gasteiger charge is 2.33. The van der Waals surface area contributed by atoms with Crippen molar-refractivity contribution in [2.45, 2.75) is 69.2 Å². The van der Waals surface area contributed by atoms with Crippen LogP contribution in [0.3, 0.4) is 0 Å². The molecule has 4 rings (SSSR count). The number of aromatic nitrogens is 1. The van der Waals surface area contributed by atoms with E-state index in [1.807, 2.05) is 25.9 Å². The molecule has 1 fully saturated rings. The zero-order valence-electron chi connectivity index (χ0n) is 18.9. The van der Waals surface area contributed by atoms with Crippen molar-refractivity contribution in [2.75, 3.05) is 19.8 Å². The minimum atomic E-state index is -3.73. The number of thiazole rings is 1. The Kier molecular flexibility index (Phi) is 6.39. The highest BCUT2D eigenvalue weighted by molar-refractivity contribution is 7.94. The first kappa shape index (κ1) is 22.6. The van der Waals surface area contributed by atoms with Gasteiger partial charge in [-0.2, -0.15) is 0 Å². The number of sulfone groups is 1. The average molecular weight is 461 g/mol. The van der Waals surface area contributed by atoms with Gasteiger partial charge in [-0.25, -0.2) is 13.4 Å². The van der Waals surface area contributed by atoms with Crippen molar-refractivity contribution >= 4 is 27.0 Å². The minimum absolute atomic E-state index is 0.0695. The summed E-state index contributed by atoms with van der Waals surface area (Å²) >= 11 is 1.17. The SMILES string of the molecule is Cc1sc(S(=O)(=O)CC(=O)Cc2c(C(C)C3CC3)ccc3c2CCC3)nc1CN(C)C. The number of fused-ring (bicyclic) bond motifs is 1. The number of carbonyl (C=O) groups is 1. The molecule has 0 N–H and O–H groups in total. The number of hydrogen-bond donors (Lipinski definition) is 0. The second-order valence-electron chi connectivity index (χ2n) is 9.45. The van der Waals surface area contributed by atoms with Crippen LogP contribution in [0.25, 0.3) is 0 Å². The molecule has 5 nitrogen and oxygen atoms in total. The second-order valence-corrected chi connectivity index (χ2v) is 12.8. The lowest BCUT2D eigenvalue weighted by Gasteiger charge is -2.19. The number of ketones is 1. The van der Waals surface area contributed by atoms with E-state index in [9.17, 15) is 13.2 Å². The van der Waals surface area contributed by atoms with E-state index in [-0.39, 0.29) is 16.5 Å². The van der Waals surface area contributed by atoms with Crippen LogP contribution >= 0.6 is 11.3 Å². The van der Waals surface area contributed by atoms with Gasteiger partial charge < -0.3 is 4.90 Å². The zero-order valence-corrected chi connectivity index (χ0v) is 20.5. The van der Waals surface area contributed by atoms with Crippen molar-refractivity contribution in [3.05, 3.63) is 45.0 Å². The summed E-state index contributed by atoms with van der Waals surface area (Å²) in [6.45, 7) is 4.73. The Morgan fingerprint density at radius 1 is 1.26 bits per heavy atom. The first-order valence-corrected chi connectivity index (χ1v) is 13.6. The Balaban J connectivity index is 1.56. The standard InChI is InChI=1S/C24H32N2O3S2/c1-15(17-8-9-17)20-11-10-18-6-5-7-21(18)22(20)12-19(27)14-31(28,29)24-25-23(13-26(3)4)16(2)30-24/h10-11,15,17H,5-9,12-14H2,1-4H3. The normalized spacial score (nSPS) is 17.2. The van der Waals surface area contributed by atoms with Crippen LogP contribution in [0.5, 0.6) is 0 Å². The summed E-state index contributed by atoms with van der Waals surface area (Å²) in [5.41, 5.74) is 5.77. The van der Waals surface area contributed by atoms with Crippen LogP contribution in [0.1, 0.15) is 64.9 Å². The van der Waals surface area contributed by atoms with Crippen LogP contribution in [0.15, 0.2) is 16.5 Å². The van der Waals surface area contributed by atoms with Gasteiger partial charge in [0.25, 0.3) is 0 Å². The molecule has 1 unspecified atom stereocenters. The summed E-state index contributed by atoms with van der Waals surface area (Å²) < 4.78 is 26.0. The van der Waals surface area contributed by atoms with Crippen molar-refractivity contribution in [1.82, 2.24) is 9.88 Å². The van der Waals surface area contributed by atoms with Crippen molar-refractivity contribution < 1.29 is 13.2 Å². The fourth-order valence-corrected chi connectivity index (χ4v) is 7.35. The number of rotatable bonds is 9. The summed E-state index contributed by atoms with van der Waals surface area (Å²) in [6, 6.07) is 4.42. The van der Waals surface area contributed by atoms with E-state index in [2.05, 4.69) is 24.0 Å².